The van der Waals surface area contributed by atoms with Gasteiger partial charge in [0.05, 0.1) is 0 Å². The summed E-state index contributed by atoms with van der Waals surface area (Å²) >= 11 is 0. The Labute approximate surface area is 167 Å². The van der Waals surface area contributed by atoms with E-state index in [1.54, 1.807) is 30.4 Å². The molecule has 0 saturated heterocycles. The normalized spacial score (nSPS) is 11.5. The van der Waals surface area contributed by atoms with Crippen LogP contribution in [0, 0.1) is 6.92 Å². The van der Waals surface area contributed by atoms with Crippen molar-refractivity contribution < 1.29 is 9.21 Å². The molecule has 0 atom stereocenters. The lowest BCUT2D eigenvalue weighted by Gasteiger charge is -2.20. The molecular weight excluding hydrogens is 348 g/mol. The van der Waals surface area contributed by atoms with Gasteiger partial charge in [0.2, 0.25) is 0 Å². The minimum atomic E-state index is -0.129. The molecule has 28 heavy (non-hydrogen) atoms. The van der Waals surface area contributed by atoms with Crippen LogP contribution in [0.4, 0.5) is 0 Å². The molecule has 0 bridgehead atoms. The molecule has 4 heteroatoms. The molecule has 1 aromatic carbocycles. The minimum Gasteiger partial charge on any atom is -0.456 e. The molecule has 146 valence electrons. The van der Waals surface area contributed by atoms with E-state index in [1.165, 1.54) is 16.7 Å². The highest BCUT2D eigenvalue weighted by molar-refractivity contribution is 5.91. The molecule has 0 unspecified atom stereocenters. The molecule has 4 nitrogen and oxygen atoms in total. The summed E-state index contributed by atoms with van der Waals surface area (Å²) < 4.78 is 5.88. The fourth-order valence-corrected chi connectivity index (χ4v) is 3.13. The van der Waals surface area contributed by atoms with Gasteiger partial charge in [0.15, 0.2) is 5.76 Å². The first kappa shape index (κ1) is 19.9. The van der Waals surface area contributed by atoms with Crippen molar-refractivity contribution in [2.45, 2.75) is 46.1 Å². The molecule has 0 spiro atoms. The minimum absolute atomic E-state index is 0.0990. The lowest BCUT2D eigenvalue weighted by atomic mass is 9.85. The molecule has 1 amide bonds. The Hall–Kier alpha value is -2.88. The summed E-state index contributed by atoms with van der Waals surface area (Å²) in [4.78, 5) is 18.4. The van der Waals surface area contributed by atoms with Gasteiger partial charge in [0.1, 0.15) is 5.76 Å². The number of amides is 1. The van der Waals surface area contributed by atoms with Crippen LogP contribution in [0.3, 0.4) is 0 Å². The monoisotopic (exact) mass is 376 g/mol. The van der Waals surface area contributed by atoms with Gasteiger partial charge in [-0.05, 0) is 52.8 Å². The first-order chi connectivity index (χ1) is 13.2. The van der Waals surface area contributed by atoms with Crippen molar-refractivity contribution >= 4 is 5.91 Å². The largest absolute Gasteiger partial charge is 0.456 e. The van der Waals surface area contributed by atoms with Gasteiger partial charge >= 0.3 is 0 Å². The van der Waals surface area contributed by atoms with Crippen LogP contribution in [0.1, 0.15) is 59.3 Å². The third-order valence-corrected chi connectivity index (χ3v) is 4.94. The van der Waals surface area contributed by atoms with E-state index in [9.17, 15) is 4.79 Å². The number of carbonyl (C=O) groups is 1. The highest BCUT2D eigenvalue weighted by Crippen LogP contribution is 2.26. The van der Waals surface area contributed by atoms with Crippen molar-refractivity contribution in [2.24, 2.45) is 0 Å². The van der Waals surface area contributed by atoms with Gasteiger partial charge in [0, 0.05) is 32.4 Å². The van der Waals surface area contributed by atoms with Crippen molar-refractivity contribution in [1.82, 2.24) is 9.88 Å². The van der Waals surface area contributed by atoms with Gasteiger partial charge in [-0.1, -0.05) is 45.0 Å². The smallest absolute Gasteiger partial charge is 0.289 e. The van der Waals surface area contributed by atoms with Crippen molar-refractivity contribution in [2.75, 3.05) is 7.05 Å². The summed E-state index contributed by atoms with van der Waals surface area (Å²) in [7, 11) is 1.77. The standard InChI is InChI=1S/C24H28N2O2/c1-17-8-9-20(24(2,3)4)13-19(17)14-21-10-11-22(28-21)23(27)26(5)16-18-7-6-12-25-15-18/h6-13,15H,14,16H2,1-5H3. The second-order valence-corrected chi connectivity index (χ2v) is 8.36. The number of furan rings is 1. The zero-order valence-corrected chi connectivity index (χ0v) is 17.3. The second-order valence-electron chi connectivity index (χ2n) is 8.36. The summed E-state index contributed by atoms with van der Waals surface area (Å²) in [6, 6.07) is 14.1. The van der Waals surface area contributed by atoms with Crippen LogP contribution in [0.15, 0.2) is 59.3 Å². The maximum absolute atomic E-state index is 12.7. The van der Waals surface area contributed by atoms with Crippen molar-refractivity contribution in [1.29, 1.82) is 0 Å². The SMILES string of the molecule is Cc1ccc(C(C)(C)C)cc1Cc1ccc(C(=O)N(C)Cc2cccnc2)o1. The highest BCUT2D eigenvalue weighted by atomic mass is 16.4. The van der Waals surface area contributed by atoms with E-state index in [4.69, 9.17) is 4.42 Å². The lowest BCUT2D eigenvalue weighted by Crippen LogP contribution is -2.25. The van der Waals surface area contributed by atoms with E-state index < -0.39 is 0 Å². The third kappa shape index (κ3) is 4.69. The van der Waals surface area contributed by atoms with Crippen LogP contribution < -0.4 is 0 Å². The van der Waals surface area contributed by atoms with Crippen LogP contribution in [0.25, 0.3) is 0 Å². The Morgan fingerprint density at radius 2 is 1.93 bits per heavy atom. The molecule has 0 aliphatic rings. The van der Waals surface area contributed by atoms with Gasteiger partial charge in [-0.25, -0.2) is 0 Å². The molecule has 0 fully saturated rings. The van der Waals surface area contributed by atoms with Crippen molar-refractivity contribution in [3.05, 3.63) is 88.6 Å². The van der Waals surface area contributed by atoms with Crippen molar-refractivity contribution in [3.8, 4) is 0 Å². The van der Waals surface area contributed by atoms with E-state index in [0.717, 1.165) is 11.3 Å². The van der Waals surface area contributed by atoms with Gasteiger partial charge in [-0.2, -0.15) is 0 Å². The van der Waals surface area contributed by atoms with Gasteiger partial charge in [0.25, 0.3) is 5.91 Å². The molecule has 0 radical (unpaired) electrons. The molecule has 2 heterocycles. The Bertz CT molecular complexity index is 952. The summed E-state index contributed by atoms with van der Waals surface area (Å²) in [5.74, 6) is 1.04. The first-order valence-electron chi connectivity index (χ1n) is 9.57. The highest BCUT2D eigenvalue weighted by Gasteiger charge is 2.18. The Morgan fingerprint density at radius 3 is 2.61 bits per heavy atom. The van der Waals surface area contributed by atoms with Crippen molar-refractivity contribution in [3.63, 3.8) is 0 Å². The molecule has 0 aliphatic heterocycles. The van der Waals surface area contributed by atoms with E-state index in [-0.39, 0.29) is 11.3 Å². The number of aromatic nitrogens is 1. The summed E-state index contributed by atoms with van der Waals surface area (Å²) in [5.41, 5.74) is 4.84. The third-order valence-electron chi connectivity index (χ3n) is 4.94. The van der Waals surface area contributed by atoms with Gasteiger partial charge in [-0.3, -0.25) is 9.78 Å². The number of nitrogens with zero attached hydrogens (tertiary/aromatic N) is 2. The predicted octanol–water partition coefficient (Wildman–Crippen LogP) is 5.14. The fourth-order valence-electron chi connectivity index (χ4n) is 3.13. The average molecular weight is 377 g/mol. The van der Waals surface area contributed by atoms with E-state index in [2.05, 4.69) is 50.9 Å². The predicted molar refractivity (Wildman–Crippen MR) is 111 cm³/mol. The number of hydrogen-bond donors (Lipinski definition) is 0. The Balaban J connectivity index is 1.73. The molecule has 0 saturated carbocycles. The molecule has 0 N–H and O–H groups in total. The lowest BCUT2D eigenvalue weighted by molar-refractivity contribution is 0.0751. The van der Waals surface area contributed by atoms with E-state index in [0.29, 0.717) is 18.7 Å². The first-order valence-corrected chi connectivity index (χ1v) is 9.57. The Morgan fingerprint density at radius 1 is 1.14 bits per heavy atom. The fraction of sp³-hybridized carbons (Fsp3) is 0.333. The zero-order valence-electron chi connectivity index (χ0n) is 17.3. The van der Waals surface area contributed by atoms with E-state index in [1.807, 2.05) is 18.2 Å². The molecule has 3 aromatic rings. The average Bonchev–Trinajstić information content (AvgIpc) is 3.11. The van der Waals surface area contributed by atoms with Crippen LogP contribution in [0.5, 0.6) is 0 Å². The number of hydrogen-bond acceptors (Lipinski definition) is 3. The molecular formula is C24H28N2O2. The van der Waals surface area contributed by atoms with Gasteiger partial charge < -0.3 is 9.32 Å². The topological polar surface area (TPSA) is 46.3 Å². The molecule has 3 rings (SSSR count). The molecule has 2 aromatic heterocycles. The van der Waals surface area contributed by atoms with Gasteiger partial charge in [-0.15, -0.1) is 0 Å². The molecule has 0 aliphatic carbocycles. The maximum atomic E-state index is 12.7. The number of benzene rings is 1. The summed E-state index contributed by atoms with van der Waals surface area (Å²) in [6.07, 6.45) is 4.17. The van der Waals surface area contributed by atoms with Crippen LogP contribution in [0.2, 0.25) is 0 Å². The second kappa shape index (κ2) is 8.01. The number of aryl methyl sites for hydroxylation is 1. The summed E-state index contributed by atoms with van der Waals surface area (Å²) in [6.45, 7) is 9.24. The number of carbonyl (C=O) groups excluding carboxylic acids is 1. The zero-order chi connectivity index (χ0) is 20.3. The van der Waals surface area contributed by atoms with Crippen LogP contribution in [-0.4, -0.2) is 22.8 Å². The number of pyridine rings is 1. The number of rotatable bonds is 5. The van der Waals surface area contributed by atoms with Crippen LogP contribution >= 0.6 is 0 Å². The maximum Gasteiger partial charge on any atom is 0.289 e. The quantitative estimate of drug-likeness (QED) is 0.619. The Kier molecular flexibility index (Phi) is 5.68. The summed E-state index contributed by atoms with van der Waals surface area (Å²) in [5, 5.41) is 0. The van der Waals surface area contributed by atoms with E-state index >= 15 is 0 Å². The van der Waals surface area contributed by atoms with Crippen LogP contribution in [-0.2, 0) is 18.4 Å².